The van der Waals surface area contributed by atoms with Crippen LogP contribution in [0.5, 0.6) is 5.75 Å². The Morgan fingerprint density at radius 3 is 2.68 bits per heavy atom. The molecule has 3 rings (SSSR count). The number of rotatable bonds is 2. The van der Waals surface area contributed by atoms with Gasteiger partial charge in [0.15, 0.2) is 5.56 Å². The summed E-state index contributed by atoms with van der Waals surface area (Å²) in [5.74, 6) is -1.91. The van der Waals surface area contributed by atoms with Crippen molar-refractivity contribution in [1.82, 2.24) is 10.2 Å². The van der Waals surface area contributed by atoms with E-state index >= 15 is 0 Å². The predicted molar refractivity (Wildman–Crippen MR) is 82.0 cm³/mol. The molecular weight excluding hydrogens is 387 g/mol. The number of carbonyl (C=O) groups is 1. The van der Waals surface area contributed by atoms with E-state index in [1.54, 1.807) is 0 Å². The van der Waals surface area contributed by atoms with Crippen molar-refractivity contribution >= 4 is 44.9 Å². The standard InChI is InChI=1S/C13H5ClF3N3O4S/c14-4-1-2-6-5(3-4)8(21)7(10(23)24-6)9(22)18-12-20-19-11(25-12)13(15,16)17/h1-3,21H,(H,18,20,22). The highest BCUT2D eigenvalue weighted by atomic mass is 35.5. The quantitative estimate of drug-likeness (QED) is 0.649. The molecule has 0 spiro atoms. The molecule has 1 aromatic carbocycles. The van der Waals surface area contributed by atoms with Crippen molar-refractivity contribution in [1.29, 1.82) is 0 Å². The molecule has 0 saturated heterocycles. The van der Waals surface area contributed by atoms with Crippen LogP contribution < -0.4 is 10.9 Å². The van der Waals surface area contributed by atoms with Crippen LogP contribution in [0.2, 0.25) is 5.02 Å². The van der Waals surface area contributed by atoms with Gasteiger partial charge < -0.3 is 9.52 Å². The fourth-order valence-corrected chi connectivity index (χ4v) is 2.68. The van der Waals surface area contributed by atoms with Crippen LogP contribution in [0.4, 0.5) is 18.3 Å². The van der Waals surface area contributed by atoms with Gasteiger partial charge in [-0.2, -0.15) is 13.2 Å². The number of amides is 1. The summed E-state index contributed by atoms with van der Waals surface area (Å²) in [7, 11) is 0. The molecule has 3 aromatic rings. The van der Waals surface area contributed by atoms with Crippen LogP contribution in [-0.2, 0) is 6.18 Å². The lowest BCUT2D eigenvalue weighted by molar-refractivity contribution is -0.138. The smallest absolute Gasteiger partial charge is 0.445 e. The minimum absolute atomic E-state index is 0.00880. The van der Waals surface area contributed by atoms with Gasteiger partial charge in [-0.15, -0.1) is 10.2 Å². The predicted octanol–water partition coefficient (Wildman–Crippen LogP) is 3.27. The molecule has 2 aromatic heterocycles. The number of aromatic hydroxyl groups is 1. The lowest BCUT2D eigenvalue weighted by Gasteiger charge is -2.06. The van der Waals surface area contributed by atoms with E-state index in [0.29, 0.717) is 0 Å². The summed E-state index contributed by atoms with van der Waals surface area (Å²) in [6, 6.07) is 3.99. The topological polar surface area (TPSA) is 105 Å². The summed E-state index contributed by atoms with van der Waals surface area (Å²) < 4.78 is 42.3. The molecule has 0 aliphatic heterocycles. The molecular formula is C13H5ClF3N3O4S. The van der Waals surface area contributed by atoms with Gasteiger partial charge in [0.1, 0.15) is 11.3 Å². The molecule has 0 atom stereocenters. The van der Waals surface area contributed by atoms with E-state index in [-0.39, 0.29) is 27.3 Å². The first kappa shape index (κ1) is 17.2. The number of fused-ring (bicyclic) bond motifs is 1. The second kappa shape index (κ2) is 6.01. The number of carbonyl (C=O) groups excluding carboxylic acids is 1. The Labute approximate surface area is 144 Å². The number of alkyl halides is 3. The van der Waals surface area contributed by atoms with E-state index in [1.165, 1.54) is 18.2 Å². The van der Waals surface area contributed by atoms with E-state index in [4.69, 9.17) is 16.0 Å². The van der Waals surface area contributed by atoms with Crippen molar-refractivity contribution in [2.75, 3.05) is 5.32 Å². The van der Waals surface area contributed by atoms with Crippen molar-refractivity contribution in [3.8, 4) is 5.75 Å². The van der Waals surface area contributed by atoms with Crippen LogP contribution in [0, 0.1) is 0 Å². The lowest BCUT2D eigenvalue weighted by atomic mass is 10.1. The van der Waals surface area contributed by atoms with Gasteiger partial charge >= 0.3 is 11.8 Å². The molecule has 0 aliphatic carbocycles. The number of halogens is 4. The van der Waals surface area contributed by atoms with Crippen LogP contribution in [0.25, 0.3) is 11.0 Å². The van der Waals surface area contributed by atoms with E-state index in [9.17, 15) is 27.9 Å². The van der Waals surface area contributed by atoms with Crippen molar-refractivity contribution in [3.05, 3.63) is 44.2 Å². The van der Waals surface area contributed by atoms with Crippen LogP contribution >= 0.6 is 22.9 Å². The Morgan fingerprint density at radius 1 is 1.32 bits per heavy atom. The Balaban J connectivity index is 2.00. The molecule has 0 bridgehead atoms. The molecule has 0 fully saturated rings. The Bertz CT molecular complexity index is 1050. The van der Waals surface area contributed by atoms with Crippen LogP contribution in [-0.4, -0.2) is 21.2 Å². The van der Waals surface area contributed by atoms with Gasteiger partial charge in [0.2, 0.25) is 10.1 Å². The fourth-order valence-electron chi connectivity index (χ4n) is 1.91. The maximum atomic E-state index is 12.5. The third-order valence-corrected chi connectivity index (χ3v) is 4.07. The second-order valence-electron chi connectivity index (χ2n) is 4.62. The van der Waals surface area contributed by atoms with Gasteiger partial charge in [0.25, 0.3) is 5.91 Å². The zero-order valence-electron chi connectivity index (χ0n) is 11.7. The molecule has 0 aliphatic rings. The highest BCUT2D eigenvalue weighted by Crippen LogP contribution is 2.34. The van der Waals surface area contributed by atoms with Crippen molar-refractivity contribution in [2.45, 2.75) is 6.18 Å². The zero-order chi connectivity index (χ0) is 18.4. The normalized spacial score (nSPS) is 11.7. The molecule has 25 heavy (non-hydrogen) atoms. The number of hydrogen-bond donors (Lipinski definition) is 2. The number of benzene rings is 1. The summed E-state index contributed by atoms with van der Waals surface area (Å²) >= 11 is 5.85. The Morgan fingerprint density at radius 2 is 2.04 bits per heavy atom. The van der Waals surface area contributed by atoms with Crippen molar-refractivity contribution in [2.24, 2.45) is 0 Å². The van der Waals surface area contributed by atoms with E-state index in [1.807, 2.05) is 5.32 Å². The van der Waals surface area contributed by atoms with Crippen molar-refractivity contribution in [3.63, 3.8) is 0 Å². The minimum atomic E-state index is -4.72. The number of aromatic nitrogens is 2. The average molecular weight is 392 g/mol. The molecule has 0 radical (unpaired) electrons. The fraction of sp³-hybridized carbons (Fsp3) is 0.0769. The first-order valence-corrected chi connectivity index (χ1v) is 7.53. The largest absolute Gasteiger partial charge is 0.506 e. The van der Waals surface area contributed by atoms with Crippen LogP contribution in [0.3, 0.4) is 0 Å². The maximum absolute atomic E-state index is 12.5. The highest BCUT2D eigenvalue weighted by molar-refractivity contribution is 7.15. The number of hydrogen-bond acceptors (Lipinski definition) is 7. The van der Waals surface area contributed by atoms with E-state index < -0.39 is 39.2 Å². The maximum Gasteiger partial charge on any atom is 0.445 e. The SMILES string of the molecule is O=C(Nc1nnc(C(F)(F)F)s1)c1c(O)c2cc(Cl)ccc2oc1=O. The first-order valence-electron chi connectivity index (χ1n) is 6.34. The number of nitrogens with one attached hydrogen (secondary N) is 1. The lowest BCUT2D eigenvalue weighted by Crippen LogP contribution is -2.21. The number of nitrogens with zero attached hydrogens (tertiary/aromatic N) is 2. The molecule has 7 nitrogen and oxygen atoms in total. The molecule has 2 heterocycles. The Hall–Kier alpha value is -2.66. The highest BCUT2D eigenvalue weighted by Gasteiger charge is 2.36. The van der Waals surface area contributed by atoms with Crippen molar-refractivity contribution < 1.29 is 27.5 Å². The second-order valence-corrected chi connectivity index (χ2v) is 6.03. The van der Waals surface area contributed by atoms with Gasteiger partial charge in [-0.1, -0.05) is 22.9 Å². The third-order valence-electron chi connectivity index (χ3n) is 2.96. The molecule has 0 unspecified atom stereocenters. The number of anilines is 1. The average Bonchev–Trinajstić information content (AvgIpc) is 2.97. The minimum Gasteiger partial charge on any atom is -0.506 e. The molecule has 2 N–H and O–H groups in total. The third kappa shape index (κ3) is 3.28. The summed E-state index contributed by atoms with van der Waals surface area (Å²) in [4.78, 5) is 24.0. The summed E-state index contributed by atoms with van der Waals surface area (Å²) in [6.07, 6.45) is -4.72. The van der Waals surface area contributed by atoms with Gasteiger partial charge in [-0.25, -0.2) is 4.79 Å². The van der Waals surface area contributed by atoms with E-state index in [2.05, 4.69) is 10.2 Å². The van der Waals surface area contributed by atoms with Gasteiger partial charge in [0.05, 0.1) is 5.39 Å². The van der Waals surface area contributed by atoms with Gasteiger partial charge in [0, 0.05) is 5.02 Å². The summed E-state index contributed by atoms with van der Waals surface area (Å²) in [5, 5.41) is 16.6. The monoisotopic (exact) mass is 391 g/mol. The van der Waals surface area contributed by atoms with Gasteiger partial charge in [-0.3, -0.25) is 10.1 Å². The molecule has 12 heteroatoms. The van der Waals surface area contributed by atoms with Gasteiger partial charge in [-0.05, 0) is 18.2 Å². The molecule has 0 saturated carbocycles. The van der Waals surface area contributed by atoms with E-state index in [0.717, 1.165) is 0 Å². The summed E-state index contributed by atoms with van der Waals surface area (Å²) in [5.41, 5.74) is -1.98. The molecule has 130 valence electrons. The zero-order valence-corrected chi connectivity index (χ0v) is 13.3. The first-order chi connectivity index (χ1) is 11.7. The summed E-state index contributed by atoms with van der Waals surface area (Å²) in [6.45, 7) is 0. The Kier molecular flexibility index (Phi) is 4.13. The van der Waals surface area contributed by atoms with Crippen LogP contribution in [0.1, 0.15) is 15.4 Å². The van der Waals surface area contributed by atoms with Crippen LogP contribution in [0.15, 0.2) is 27.4 Å². The molecule has 1 amide bonds.